The molecule has 27 heteroatoms. The quantitative estimate of drug-likeness (QED) is 0.0936. The third kappa shape index (κ3) is 59.7. The van der Waals surface area contributed by atoms with Gasteiger partial charge in [-0.3, -0.25) is 9.13 Å². The summed E-state index contributed by atoms with van der Waals surface area (Å²) < 4.78 is 22.1. The second-order valence-corrected chi connectivity index (χ2v) is 6.66. The average molecular weight is 718 g/mol. The van der Waals surface area contributed by atoms with Crippen molar-refractivity contribution < 1.29 is 283 Å². The Balaban J connectivity index is -0.0000000257. The molecule has 0 spiro atoms. The van der Waals surface area contributed by atoms with Crippen molar-refractivity contribution in [1.29, 1.82) is 0 Å². The summed E-state index contributed by atoms with van der Waals surface area (Å²) in [6, 6.07) is 0. The summed E-state index contributed by atoms with van der Waals surface area (Å²) in [5, 5.41) is 62.0. The van der Waals surface area contributed by atoms with Crippen LogP contribution >= 0.6 is 15.6 Å². The molecular weight excluding hydrogens is 697 g/mol. The first kappa shape index (κ1) is 73.7. The Morgan fingerprint density at radius 1 is 0.861 bits per heavy atom. The van der Waals surface area contributed by atoms with Crippen LogP contribution in [0.25, 0.3) is 0 Å². The molecule has 0 aromatic carbocycles. The number of aliphatic hydroxyl groups excluding tert-OH is 6. The van der Waals surface area contributed by atoms with Gasteiger partial charge in [0, 0.05) is 0 Å². The van der Waals surface area contributed by atoms with Gasteiger partial charge in [0.1, 0.15) is 24.4 Å². The summed E-state index contributed by atoms with van der Waals surface area (Å²) in [6.45, 7) is 0.608. The average Bonchev–Trinajstić information content (AvgIpc) is 2.46. The number of rotatable bonds is 2. The molecular formula is C9H21Cl3K2MgNa2O17P2. The summed E-state index contributed by atoms with van der Waals surface area (Å²) in [5.41, 5.74) is 0. The molecule has 1 fully saturated rings. The fraction of sp³-hybridized carbons (Fsp3) is 0.889. The van der Waals surface area contributed by atoms with Gasteiger partial charge in [0.2, 0.25) is 0 Å². The standard InChI is InChI=1S/C6H12O6.C3H6O3.3ClH.2K.Mg.2Na.2H3O4P/c7-1-2-3(8)4(9)5(10)6(11)12-2;1-2(4)3(5)6;;;;;;;;;2*1-5(2,3)4/h2-11H,1H2;2,4H,1H3,(H,5,6);3*1H;;;;;;2*(H3,1,2,3,4)/q;;;;;2*+1;+2;2*+1;;/p-6. The summed E-state index contributed by atoms with van der Waals surface area (Å²) in [5.74, 6) is -1.44. The van der Waals surface area contributed by atoms with Gasteiger partial charge in [-0.25, -0.2) is 0 Å². The number of carboxylic acid groups (broad SMARTS) is 1. The minimum atomic E-state index is -4.89. The Kier molecular flexibility index (Phi) is 80.5. The molecule has 0 radical (unpaired) electrons. The maximum atomic E-state index is 9.34. The van der Waals surface area contributed by atoms with Crippen molar-refractivity contribution in [2.75, 3.05) is 6.61 Å². The number of carbonyl (C=O) groups is 1. The zero-order valence-electron chi connectivity index (χ0n) is 19.7. The van der Waals surface area contributed by atoms with Gasteiger partial charge in [0.05, 0.1) is 18.7 Å². The Morgan fingerprint density at radius 3 is 1.25 bits per heavy atom. The second-order valence-electron chi connectivity index (χ2n) is 4.70. The number of ether oxygens (including phenoxy) is 1. The maximum absolute atomic E-state index is 9.34. The van der Waals surface area contributed by atoms with Gasteiger partial charge in [-0.05, 0) is 6.92 Å². The second kappa shape index (κ2) is 39.3. The Labute approximate surface area is 370 Å². The molecule has 10 N–H and O–H groups in total. The van der Waals surface area contributed by atoms with Gasteiger partial charge in [-0.15, -0.1) is 0 Å². The number of carboxylic acids is 1. The van der Waals surface area contributed by atoms with E-state index >= 15 is 0 Å². The minimum Gasteiger partial charge on any atom is -1.00 e. The van der Waals surface area contributed by atoms with Crippen LogP contribution in [0.4, 0.5) is 0 Å². The van der Waals surface area contributed by atoms with Crippen molar-refractivity contribution in [3.05, 3.63) is 0 Å². The molecule has 6 unspecified atom stereocenters. The molecule has 1 saturated heterocycles. The van der Waals surface area contributed by atoms with Crippen LogP contribution in [0, 0.1) is 0 Å². The van der Waals surface area contributed by atoms with Gasteiger partial charge in [-0.2, -0.15) is 0 Å². The molecule has 36 heavy (non-hydrogen) atoms. The van der Waals surface area contributed by atoms with E-state index in [0.29, 0.717) is 0 Å². The smallest absolute Gasteiger partial charge is 1.00 e. The van der Waals surface area contributed by atoms with Crippen LogP contribution in [0.2, 0.25) is 0 Å². The number of aliphatic carboxylic acids is 1. The van der Waals surface area contributed by atoms with Crippen LogP contribution in [0.1, 0.15) is 6.92 Å². The first-order chi connectivity index (χ1) is 12.2. The van der Waals surface area contributed by atoms with Crippen LogP contribution in [0.5, 0.6) is 0 Å². The van der Waals surface area contributed by atoms with Gasteiger partial charge in [0.25, 0.3) is 15.6 Å². The minimum absolute atomic E-state index is 0. The maximum Gasteiger partial charge on any atom is 2.00 e. The normalized spacial score (nSPS) is 22.0. The first-order valence-electron chi connectivity index (χ1n) is 6.62. The van der Waals surface area contributed by atoms with Gasteiger partial charge in [-0.1, -0.05) is 0 Å². The number of halogens is 3. The Hall–Kier alpha value is 6.32. The molecule has 0 aromatic rings. The molecule has 0 bridgehead atoms. The van der Waals surface area contributed by atoms with Crippen molar-refractivity contribution in [3.63, 3.8) is 0 Å². The summed E-state index contributed by atoms with van der Waals surface area (Å²) in [4.78, 5) is 55.2. The fourth-order valence-corrected chi connectivity index (χ4v) is 1.08. The molecule has 6 atom stereocenters. The molecule has 1 aliphatic heterocycles. The van der Waals surface area contributed by atoms with E-state index in [0.717, 1.165) is 6.92 Å². The van der Waals surface area contributed by atoms with Crippen LogP contribution in [0.15, 0.2) is 0 Å². The van der Waals surface area contributed by atoms with E-state index in [9.17, 15) is 9.90 Å². The van der Waals surface area contributed by atoms with E-state index < -0.39 is 65.0 Å². The summed E-state index contributed by atoms with van der Waals surface area (Å²) in [7, 11) is -9.78. The van der Waals surface area contributed by atoms with Crippen molar-refractivity contribution >= 4 is 44.7 Å². The van der Waals surface area contributed by atoms with Crippen LogP contribution < -0.4 is 214 Å². The molecule has 1 rings (SSSR count). The third-order valence-electron chi connectivity index (χ3n) is 2.21. The monoisotopic (exact) mass is 716 g/mol. The number of carbonyl (C=O) groups excluding carboxylic acids is 1. The number of hydrogen-bond acceptors (Lipinski definition) is 13. The first-order valence-corrected chi connectivity index (χ1v) is 9.69. The molecule has 0 aliphatic carbocycles. The van der Waals surface area contributed by atoms with E-state index in [-0.39, 0.29) is 222 Å². The molecule has 17 nitrogen and oxygen atoms in total. The fourth-order valence-electron chi connectivity index (χ4n) is 1.08. The van der Waals surface area contributed by atoms with Gasteiger partial charge in [0.15, 0.2) is 6.29 Å². The van der Waals surface area contributed by atoms with Gasteiger partial charge >= 0.3 is 185 Å². The van der Waals surface area contributed by atoms with E-state index in [2.05, 4.69) is 4.74 Å². The van der Waals surface area contributed by atoms with E-state index in [4.69, 9.17) is 69.1 Å². The predicted octanol–water partition coefficient (Wildman–Crippen LogP) is -29.6. The Bertz CT molecular complexity index is 514. The van der Waals surface area contributed by atoms with Crippen molar-refractivity contribution in [1.82, 2.24) is 0 Å². The largest absolute Gasteiger partial charge is 2.00 e. The number of aliphatic hydroxyl groups is 6. The predicted molar refractivity (Wildman–Crippen MR) is 82.5 cm³/mol. The molecule has 0 saturated carbocycles. The van der Waals surface area contributed by atoms with Crippen molar-refractivity contribution in [2.45, 2.75) is 43.7 Å². The number of phosphoric acid groups is 2. The topological polar surface area (TPSA) is 332 Å². The van der Waals surface area contributed by atoms with Crippen LogP contribution in [-0.2, 0) is 18.7 Å². The molecule has 196 valence electrons. The number of hydrogen-bond donors (Lipinski definition) is 10. The van der Waals surface area contributed by atoms with E-state index in [1.807, 2.05) is 0 Å². The molecule has 0 aromatic heterocycles. The van der Waals surface area contributed by atoms with Crippen LogP contribution in [0.3, 0.4) is 0 Å². The van der Waals surface area contributed by atoms with Crippen molar-refractivity contribution in [2.24, 2.45) is 0 Å². The zero-order valence-corrected chi connectivity index (χ0v) is 35.5. The SMILES string of the molecule is CC(O)C(=O)[O-].O=P([O-])(O)O.O=P([O-])(O)O.OCC1OC(O)C(O)C(O)C1O.[Cl-].[Cl-].[Cl-].[K+].[K+].[Mg+2].[Na+].[Na+]. The van der Waals surface area contributed by atoms with Crippen LogP contribution in [-0.4, -0.2) is 123 Å². The zero-order chi connectivity index (χ0) is 23.5. The van der Waals surface area contributed by atoms with E-state index in [1.165, 1.54) is 0 Å². The van der Waals surface area contributed by atoms with Crippen molar-refractivity contribution in [3.8, 4) is 0 Å². The molecule has 1 heterocycles. The molecule has 0 amide bonds. The van der Waals surface area contributed by atoms with E-state index in [1.54, 1.807) is 0 Å². The summed E-state index contributed by atoms with van der Waals surface area (Å²) in [6.07, 6.45) is -8.38. The third-order valence-corrected chi connectivity index (χ3v) is 2.21. The summed E-state index contributed by atoms with van der Waals surface area (Å²) >= 11 is 0. The van der Waals surface area contributed by atoms with Gasteiger partial charge < -0.3 is 112 Å². The Morgan fingerprint density at radius 2 is 1.08 bits per heavy atom. The molecule has 1 aliphatic rings.